The van der Waals surface area contributed by atoms with E-state index in [2.05, 4.69) is 22.5 Å². The Hall–Kier alpha value is -1.66. The van der Waals surface area contributed by atoms with E-state index >= 15 is 0 Å². The van der Waals surface area contributed by atoms with E-state index < -0.39 is 0 Å². The Morgan fingerprint density at radius 2 is 2.26 bits per heavy atom. The minimum absolute atomic E-state index is 0.0829. The molecule has 6 heteroatoms. The number of aryl methyl sites for hydroxylation is 3. The molecule has 0 saturated heterocycles. The summed E-state index contributed by atoms with van der Waals surface area (Å²) in [5, 5.41) is 22.0. The maximum atomic E-state index is 9.99. The van der Waals surface area contributed by atoms with Gasteiger partial charge < -0.3 is 14.9 Å². The first-order valence-electron chi connectivity index (χ1n) is 8.36. The third kappa shape index (κ3) is 2.93. The molecule has 23 heavy (non-hydrogen) atoms. The van der Waals surface area contributed by atoms with Gasteiger partial charge in [0.2, 0.25) is 0 Å². The normalized spacial score (nSPS) is 17.9. The van der Waals surface area contributed by atoms with E-state index in [0.717, 1.165) is 41.8 Å². The second-order valence-electron chi connectivity index (χ2n) is 6.66. The van der Waals surface area contributed by atoms with Gasteiger partial charge in [0.1, 0.15) is 5.76 Å². The average molecular weight is 318 g/mol. The van der Waals surface area contributed by atoms with Crippen molar-refractivity contribution in [1.29, 1.82) is 0 Å². The number of aromatic nitrogens is 3. The minimum Gasteiger partial charge on any atom is -0.396 e. The molecule has 2 aromatic heterocycles. The smallest absolute Gasteiger partial charge is 0.141 e. The van der Waals surface area contributed by atoms with Crippen molar-refractivity contribution in [2.75, 3.05) is 6.61 Å². The van der Waals surface area contributed by atoms with Crippen LogP contribution in [0.1, 0.15) is 54.8 Å². The zero-order chi connectivity index (χ0) is 16.4. The number of rotatable bonds is 7. The highest BCUT2D eigenvalue weighted by Crippen LogP contribution is 2.50. The fourth-order valence-electron chi connectivity index (χ4n) is 3.59. The molecule has 1 aliphatic carbocycles. The summed E-state index contributed by atoms with van der Waals surface area (Å²) in [5.74, 6) is 0.937. The number of aliphatic hydroxyl groups is 1. The van der Waals surface area contributed by atoms with Crippen LogP contribution in [-0.2, 0) is 20.0 Å². The molecule has 1 unspecified atom stereocenters. The molecular weight excluding hydrogens is 292 g/mol. The highest BCUT2D eigenvalue weighted by atomic mass is 16.5. The first kappa shape index (κ1) is 16.2. The quantitative estimate of drug-likeness (QED) is 0.819. The lowest BCUT2D eigenvalue weighted by atomic mass is 9.63. The topological polar surface area (TPSA) is 76.1 Å². The van der Waals surface area contributed by atoms with Crippen molar-refractivity contribution < 1.29 is 9.63 Å². The second-order valence-corrected chi connectivity index (χ2v) is 6.66. The Morgan fingerprint density at radius 3 is 2.78 bits per heavy atom. The van der Waals surface area contributed by atoms with Crippen molar-refractivity contribution in [2.45, 2.75) is 52.1 Å². The fraction of sp³-hybridized carbons (Fsp3) is 0.647. The molecule has 2 heterocycles. The number of nitrogens with zero attached hydrogens (tertiary/aromatic N) is 3. The summed E-state index contributed by atoms with van der Waals surface area (Å²) in [6.45, 7) is 4.94. The lowest BCUT2D eigenvalue weighted by Gasteiger charge is -2.46. The van der Waals surface area contributed by atoms with Crippen molar-refractivity contribution in [3.63, 3.8) is 0 Å². The molecule has 126 valence electrons. The van der Waals surface area contributed by atoms with Crippen LogP contribution in [-0.4, -0.2) is 26.7 Å². The molecule has 1 saturated carbocycles. The van der Waals surface area contributed by atoms with Gasteiger partial charge >= 0.3 is 0 Å². The van der Waals surface area contributed by atoms with Crippen LogP contribution in [0, 0.1) is 12.3 Å². The highest BCUT2D eigenvalue weighted by Gasteiger charge is 2.44. The molecule has 2 N–H and O–H groups in total. The standard InChI is InChI=1S/C17H26N4O2/c1-4-15-14(12(2)20-23-15)9-18-16(13-8-19-21(3)10-13)17(11-22)6-5-7-17/h8,10,16,18,22H,4-7,9,11H2,1-3H3. The van der Waals surface area contributed by atoms with E-state index in [1.807, 2.05) is 31.0 Å². The van der Waals surface area contributed by atoms with Gasteiger partial charge in [0, 0.05) is 48.8 Å². The van der Waals surface area contributed by atoms with Gasteiger partial charge in [0.05, 0.1) is 18.5 Å². The molecule has 1 atom stereocenters. The van der Waals surface area contributed by atoms with Crippen molar-refractivity contribution >= 4 is 0 Å². The van der Waals surface area contributed by atoms with E-state index in [9.17, 15) is 5.11 Å². The van der Waals surface area contributed by atoms with E-state index in [4.69, 9.17) is 4.52 Å². The molecule has 0 aliphatic heterocycles. The summed E-state index contributed by atoms with van der Waals surface area (Å²) in [6.07, 6.45) is 8.02. The second kappa shape index (κ2) is 6.45. The molecular formula is C17H26N4O2. The average Bonchev–Trinajstić information content (AvgIpc) is 3.08. The van der Waals surface area contributed by atoms with Gasteiger partial charge in [-0.15, -0.1) is 0 Å². The van der Waals surface area contributed by atoms with Gasteiger partial charge in [0.15, 0.2) is 0 Å². The zero-order valence-corrected chi connectivity index (χ0v) is 14.2. The lowest BCUT2D eigenvalue weighted by Crippen LogP contribution is -2.45. The van der Waals surface area contributed by atoms with Crippen molar-refractivity contribution in [3.05, 3.63) is 35.0 Å². The van der Waals surface area contributed by atoms with E-state index in [1.54, 1.807) is 0 Å². The Bertz CT molecular complexity index is 652. The molecule has 1 aliphatic rings. The fourth-order valence-corrected chi connectivity index (χ4v) is 3.59. The summed E-state index contributed by atoms with van der Waals surface area (Å²) < 4.78 is 7.20. The van der Waals surface area contributed by atoms with E-state index in [1.165, 1.54) is 6.42 Å². The van der Waals surface area contributed by atoms with Gasteiger partial charge in [-0.1, -0.05) is 18.5 Å². The molecule has 0 spiro atoms. The summed E-state index contributed by atoms with van der Waals surface area (Å²) in [4.78, 5) is 0. The van der Waals surface area contributed by atoms with E-state index in [-0.39, 0.29) is 18.1 Å². The molecule has 6 nitrogen and oxygen atoms in total. The van der Waals surface area contributed by atoms with Gasteiger partial charge in [-0.3, -0.25) is 4.68 Å². The number of hydrogen-bond acceptors (Lipinski definition) is 5. The predicted octanol–water partition coefficient (Wildman–Crippen LogP) is 2.27. The molecule has 2 aromatic rings. The molecule has 0 aromatic carbocycles. The number of hydrogen-bond donors (Lipinski definition) is 2. The summed E-state index contributed by atoms with van der Waals surface area (Å²) in [6, 6.07) is 0.0916. The lowest BCUT2D eigenvalue weighted by molar-refractivity contribution is 0.00452. The minimum atomic E-state index is -0.0829. The van der Waals surface area contributed by atoms with Crippen LogP contribution < -0.4 is 5.32 Å². The Balaban J connectivity index is 1.83. The number of nitrogens with one attached hydrogen (secondary N) is 1. The third-order valence-electron chi connectivity index (χ3n) is 5.20. The molecule has 0 bridgehead atoms. The highest BCUT2D eigenvalue weighted by molar-refractivity contribution is 5.23. The van der Waals surface area contributed by atoms with Crippen molar-refractivity contribution in [1.82, 2.24) is 20.3 Å². The first-order chi connectivity index (χ1) is 11.1. The Labute approximate surface area is 136 Å². The Kier molecular flexibility index (Phi) is 4.55. The van der Waals surface area contributed by atoms with Crippen LogP contribution in [0.25, 0.3) is 0 Å². The van der Waals surface area contributed by atoms with Crippen molar-refractivity contribution in [2.24, 2.45) is 12.5 Å². The van der Waals surface area contributed by atoms with Gasteiger partial charge in [-0.2, -0.15) is 5.10 Å². The molecule has 0 amide bonds. The predicted molar refractivity (Wildman–Crippen MR) is 86.8 cm³/mol. The molecule has 3 rings (SSSR count). The van der Waals surface area contributed by atoms with Crippen LogP contribution in [0.3, 0.4) is 0 Å². The van der Waals surface area contributed by atoms with Crippen LogP contribution in [0.2, 0.25) is 0 Å². The van der Waals surface area contributed by atoms with Gasteiger partial charge in [-0.25, -0.2) is 0 Å². The maximum absolute atomic E-state index is 9.99. The van der Waals surface area contributed by atoms with Crippen LogP contribution in [0.15, 0.2) is 16.9 Å². The third-order valence-corrected chi connectivity index (χ3v) is 5.20. The first-order valence-corrected chi connectivity index (χ1v) is 8.36. The van der Waals surface area contributed by atoms with Crippen molar-refractivity contribution in [3.8, 4) is 0 Å². The van der Waals surface area contributed by atoms with Crippen LogP contribution >= 0.6 is 0 Å². The van der Waals surface area contributed by atoms with Crippen LogP contribution in [0.5, 0.6) is 0 Å². The molecule has 1 fully saturated rings. The summed E-state index contributed by atoms with van der Waals surface area (Å²) >= 11 is 0. The maximum Gasteiger partial charge on any atom is 0.141 e. The zero-order valence-electron chi connectivity index (χ0n) is 14.2. The van der Waals surface area contributed by atoms with E-state index in [0.29, 0.717) is 6.54 Å². The summed E-state index contributed by atoms with van der Waals surface area (Å²) in [5.41, 5.74) is 3.12. The molecule has 0 radical (unpaired) electrons. The largest absolute Gasteiger partial charge is 0.396 e. The monoisotopic (exact) mass is 318 g/mol. The number of aliphatic hydroxyl groups excluding tert-OH is 1. The Morgan fingerprint density at radius 1 is 1.48 bits per heavy atom. The summed E-state index contributed by atoms with van der Waals surface area (Å²) in [7, 11) is 1.92. The van der Waals surface area contributed by atoms with Gasteiger partial charge in [-0.05, 0) is 19.8 Å². The SMILES string of the molecule is CCc1onc(C)c1CNC(c1cnn(C)c1)C1(CO)CCC1. The van der Waals surface area contributed by atoms with Gasteiger partial charge in [0.25, 0.3) is 0 Å². The van der Waals surface area contributed by atoms with Crippen LogP contribution in [0.4, 0.5) is 0 Å².